The van der Waals surface area contributed by atoms with Crippen molar-refractivity contribution in [3.8, 4) is 0 Å². The second-order valence-electron chi connectivity index (χ2n) is 6.54. The number of ether oxygens (including phenoxy) is 1. The summed E-state index contributed by atoms with van der Waals surface area (Å²) in [7, 11) is -2.21. The average Bonchev–Trinajstić information content (AvgIpc) is 2.73. The summed E-state index contributed by atoms with van der Waals surface area (Å²) < 4.78 is 31.1. The highest BCUT2D eigenvalue weighted by atomic mass is 32.2. The van der Waals surface area contributed by atoms with Gasteiger partial charge < -0.3 is 15.4 Å². The minimum absolute atomic E-state index is 0.0118. The first-order chi connectivity index (χ1) is 14.2. The lowest BCUT2D eigenvalue weighted by atomic mass is 10.1. The molecule has 162 valence electrons. The zero-order valence-electron chi connectivity index (χ0n) is 17.6. The van der Waals surface area contributed by atoms with Crippen LogP contribution in [-0.2, 0) is 19.6 Å². The molecule has 0 bridgehead atoms. The molecule has 0 aliphatic heterocycles. The first kappa shape index (κ1) is 23.4. The van der Waals surface area contributed by atoms with Crippen molar-refractivity contribution in [2.75, 3.05) is 37.4 Å². The van der Waals surface area contributed by atoms with Crippen molar-refractivity contribution in [2.45, 2.75) is 25.7 Å². The molecule has 0 unspecified atom stereocenters. The van der Waals surface area contributed by atoms with Crippen molar-refractivity contribution in [1.29, 1.82) is 0 Å². The molecule has 0 saturated carbocycles. The SMILES string of the molecule is CCN(CC)S(=O)(=O)c1ccc(NC(=O)CNc2ccc(C(=O)OC)cc2C)cc1. The number of sulfonamides is 1. The summed E-state index contributed by atoms with van der Waals surface area (Å²) in [6, 6.07) is 11.1. The first-order valence-corrected chi connectivity index (χ1v) is 11.0. The Morgan fingerprint density at radius 1 is 1.03 bits per heavy atom. The number of aryl methyl sites for hydroxylation is 1. The van der Waals surface area contributed by atoms with Gasteiger partial charge in [0.05, 0.1) is 24.1 Å². The smallest absolute Gasteiger partial charge is 0.337 e. The van der Waals surface area contributed by atoms with Crippen LogP contribution in [-0.4, -0.2) is 51.3 Å². The molecule has 0 radical (unpaired) electrons. The maximum atomic E-state index is 12.5. The van der Waals surface area contributed by atoms with Gasteiger partial charge in [-0.25, -0.2) is 13.2 Å². The van der Waals surface area contributed by atoms with Gasteiger partial charge in [-0.3, -0.25) is 4.79 Å². The molecule has 0 aliphatic carbocycles. The number of benzene rings is 2. The van der Waals surface area contributed by atoms with Gasteiger partial charge in [-0.1, -0.05) is 13.8 Å². The number of hydrogen-bond donors (Lipinski definition) is 2. The van der Waals surface area contributed by atoms with E-state index in [9.17, 15) is 18.0 Å². The monoisotopic (exact) mass is 433 g/mol. The predicted molar refractivity (Wildman–Crippen MR) is 116 cm³/mol. The predicted octanol–water partition coefficient (Wildman–Crippen LogP) is 2.86. The van der Waals surface area contributed by atoms with E-state index in [1.54, 1.807) is 44.2 Å². The number of anilines is 2. The van der Waals surface area contributed by atoms with Gasteiger partial charge in [0.2, 0.25) is 15.9 Å². The van der Waals surface area contributed by atoms with Gasteiger partial charge in [0.1, 0.15) is 0 Å². The Morgan fingerprint density at radius 3 is 2.20 bits per heavy atom. The maximum Gasteiger partial charge on any atom is 0.337 e. The number of hydrogen-bond acceptors (Lipinski definition) is 6. The molecule has 8 nitrogen and oxygen atoms in total. The second-order valence-corrected chi connectivity index (χ2v) is 8.47. The topological polar surface area (TPSA) is 105 Å². The van der Waals surface area contributed by atoms with Crippen LogP contribution in [0, 0.1) is 6.92 Å². The van der Waals surface area contributed by atoms with Crippen LogP contribution in [0.1, 0.15) is 29.8 Å². The molecule has 1 amide bonds. The van der Waals surface area contributed by atoms with Crippen molar-refractivity contribution in [3.05, 3.63) is 53.6 Å². The largest absolute Gasteiger partial charge is 0.465 e. The molecule has 0 fully saturated rings. The molecule has 2 aromatic rings. The van der Waals surface area contributed by atoms with E-state index in [-0.39, 0.29) is 17.3 Å². The molecular weight excluding hydrogens is 406 g/mol. The summed E-state index contributed by atoms with van der Waals surface area (Å²) in [4.78, 5) is 24.0. The van der Waals surface area contributed by atoms with Crippen molar-refractivity contribution >= 4 is 33.3 Å². The van der Waals surface area contributed by atoms with Crippen molar-refractivity contribution in [3.63, 3.8) is 0 Å². The number of amides is 1. The summed E-state index contributed by atoms with van der Waals surface area (Å²) in [6.45, 7) is 6.19. The van der Waals surface area contributed by atoms with E-state index in [0.29, 0.717) is 24.3 Å². The third-order valence-electron chi connectivity index (χ3n) is 4.57. The molecule has 9 heteroatoms. The van der Waals surface area contributed by atoms with E-state index in [0.717, 1.165) is 11.3 Å². The van der Waals surface area contributed by atoms with Crippen molar-refractivity contribution < 1.29 is 22.7 Å². The Balaban J connectivity index is 1.98. The molecule has 2 rings (SSSR count). The van der Waals surface area contributed by atoms with Gasteiger partial charge in [-0.2, -0.15) is 4.31 Å². The fourth-order valence-electron chi connectivity index (χ4n) is 2.91. The molecule has 0 aromatic heterocycles. The molecule has 2 aromatic carbocycles. The minimum Gasteiger partial charge on any atom is -0.465 e. The summed E-state index contributed by atoms with van der Waals surface area (Å²) in [5.74, 6) is -0.709. The standard InChI is InChI=1S/C21H27N3O5S/c1-5-24(6-2)30(27,28)18-10-8-17(9-11-18)23-20(25)14-22-19-12-7-16(13-15(19)3)21(26)29-4/h7-13,22H,5-6,14H2,1-4H3,(H,23,25). The average molecular weight is 434 g/mol. The second kappa shape index (κ2) is 10.2. The molecule has 0 heterocycles. The van der Waals surface area contributed by atoms with E-state index in [4.69, 9.17) is 0 Å². The summed E-state index contributed by atoms with van der Waals surface area (Å²) >= 11 is 0. The number of nitrogens with zero attached hydrogens (tertiary/aromatic N) is 1. The first-order valence-electron chi connectivity index (χ1n) is 9.55. The van der Waals surface area contributed by atoms with Crippen LogP contribution >= 0.6 is 0 Å². The Kier molecular flexibility index (Phi) is 7.96. The maximum absolute atomic E-state index is 12.5. The van der Waals surface area contributed by atoms with E-state index < -0.39 is 16.0 Å². The van der Waals surface area contributed by atoms with Crippen LogP contribution in [0.5, 0.6) is 0 Å². The van der Waals surface area contributed by atoms with Gasteiger partial charge in [0, 0.05) is 24.5 Å². The Bertz CT molecular complexity index is 1000. The number of esters is 1. The molecule has 30 heavy (non-hydrogen) atoms. The number of rotatable bonds is 9. The van der Waals surface area contributed by atoms with Gasteiger partial charge >= 0.3 is 5.97 Å². The van der Waals surface area contributed by atoms with Gasteiger partial charge in [0.15, 0.2) is 0 Å². The van der Waals surface area contributed by atoms with Gasteiger partial charge in [0.25, 0.3) is 0 Å². The zero-order chi connectivity index (χ0) is 22.3. The quantitative estimate of drug-likeness (QED) is 0.589. The van der Waals surface area contributed by atoms with Gasteiger partial charge in [-0.15, -0.1) is 0 Å². The van der Waals surface area contributed by atoms with E-state index >= 15 is 0 Å². The van der Waals surface area contributed by atoms with Crippen LogP contribution in [0.25, 0.3) is 0 Å². The fraction of sp³-hybridized carbons (Fsp3) is 0.333. The Hall–Kier alpha value is -2.91. The summed E-state index contributed by atoms with van der Waals surface area (Å²) in [6.07, 6.45) is 0. The van der Waals surface area contributed by atoms with Crippen LogP contribution in [0.15, 0.2) is 47.4 Å². The number of nitrogens with one attached hydrogen (secondary N) is 2. The van der Waals surface area contributed by atoms with Crippen LogP contribution < -0.4 is 10.6 Å². The number of carbonyl (C=O) groups excluding carboxylic acids is 2. The van der Waals surface area contributed by atoms with Crippen molar-refractivity contribution in [1.82, 2.24) is 4.31 Å². The van der Waals surface area contributed by atoms with E-state index in [1.807, 2.05) is 6.92 Å². The van der Waals surface area contributed by atoms with Crippen LogP contribution in [0.2, 0.25) is 0 Å². The minimum atomic E-state index is -3.53. The summed E-state index contributed by atoms with van der Waals surface area (Å²) in [5, 5.41) is 5.74. The molecule has 0 spiro atoms. The summed E-state index contributed by atoms with van der Waals surface area (Å²) in [5.41, 5.74) is 2.46. The lowest BCUT2D eigenvalue weighted by Crippen LogP contribution is -2.30. The third-order valence-corrected chi connectivity index (χ3v) is 6.63. The van der Waals surface area contributed by atoms with Gasteiger partial charge in [-0.05, 0) is 55.0 Å². The van der Waals surface area contributed by atoms with Crippen LogP contribution in [0.3, 0.4) is 0 Å². The Labute approximate surface area is 177 Å². The van der Waals surface area contributed by atoms with Crippen LogP contribution in [0.4, 0.5) is 11.4 Å². The lowest BCUT2D eigenvalue weighted by molar-refractivity contribution is -0.114. The highest BCUT2D eigenvalue weighted by molar-refractivity contribution is 7.89. The normalized spacial score (nSPS) is 11.2. The molecule has 0 atom stereocenters. The van der Waals surface area contributed by atoms with Crippen molar-refractivity contribution in [2.24, 2.45) is 0 Å². The van der Waals surface area contributed by atoms with E-state index in [2.05, 4.69) is 15.4 Å². The number of carbonyl (C=O) groups is 2. The Morgan fingerprint density at radius 2 is 1.67 bits per heavy atom. The molecule has 0 aliphatic rings. The highest BCUT2D eigenvalue weighted by Gasteiger charge is 2.21. The third kappa shape index (κ3) is 5.58. The highest BCUT2D eigenvalue weighted by Crippen LogP contribution is 2.19. The molecular formula is C21H27N3O5S. The molecule has 2 N–H and O–H groups in total. The zero-order valence-corrected chi connectivity index (χ0v) is 18.4. The fourth-order valence-corrected chi connectivity index (χ4v) is 4.37. The molecule has 0 saturated heterocycles. The van der Waals surface area contributed by atoms with E-state index in [1.165, 1.54) is 23.5 Å². The number of methoxy groups -OCH3 is 1. The lowest BCUT2D eigenvalue weighted by Gasteiger charge is -2.18.